The van der Waals surface area contributed by atoms with Gasteiger partial charge in [0.05, 0.1) is 18.2 Å². The van der Waals surface area contributed by atoms with Crippen LogP contribution < -0.4 is 4.74 Å². The van der Waals surface area contributed by atoms with Crippen molar-refractivity contribution in [3.63, 3.8) is 0 Å². The van der Waals surface area contributed by atoms with Gasteiger partial charge < -0.3 is 14.2 Å². The minimum absolute atomic E-state index is 0.0287. The monoisotopic (exact) mass is 352 g/mol. The fourth-order valence-corrected chi connectivity index (χ4v) is 2.88. The molecule has 0 aromatic heterocycles. The van der Waals surface area contributed by atoms with Crippen LogP contribution >= 0.6 is 27.5 Å². The van der Waals surface area contributed by atoms with Gasteiger partial charge in [0.15, 0.2) is 0 Å². The van der Waals surface area contributed by atoms with Gasteiger partial charge >= 0.3 is 0 Å². The van der Waals surface area contributed by atoms with Gasteiger partial charge in [0.2, 0.25) is 0 Å². The fraction of sp³-hybridized carbons (Fsp3) is 0.538. The van der Waals surface area contributed by atoms with E-state index in [0.717, 1.165) is 6.42 Å². The van der Waals surface area contributed by atoms with E-state index in [1.54, 1.807) is 13.2 Å². The number of hydrogen-bond acceptors (Lipinski definition) is 3. The van der Waals surface area contributed by atoms with Gasteiger partial charge in [-0.15, -0.1) is 0 Å². The van der Waals surface area contributed by atoms with E-state index in [1.165, 1.54) is 12.1 Å². The van der Waals surface area contributed by atoms with Crippen molar-refractivity contribution in [2.45, 2.75) is 23.5 Å². The number of rotatable bonds is 6. The second-order valence-corrected chi connectivity index (χ2v) is 5.90. The number of alkyl halides is 1. The molecule has 3 atom stereocenters. The summed E-state index contributed by atoms with van der Waals surface area (Å²) in [4.78, 5) is 0.269. The highest BCUT2D eigenvalue weighted by Crippen LogP contribution is 2.34. The molecule has 2 rings (SSSR count). The average Bonchev–Trinajstić information content (AvgIpc) is 2.38. The summed E-state index contributed by atoms with van der Waals surface area (Å²) in [5.41, 5.74) is 0. The maximum atomic E-state index is 13.0. The summed E-state index contributed by atoms with van der Waals surface area (Å²) < 4.78 is 29.4. The number of benzene rings is 1. The first kappa shape index (κ1) is 15.0. The summed E-state index contributed by atoms with van der Waals surface area (Å²) in [6, 6.07) is 4.34. The Labute approximate surface area is 125 Å². The van der Waals surface area contributed by atoms with Crippen molar-refractivity contribution in [3.8, 4) is 5.75 Å². The van der Waals surface area contributed by atoms with Crippen molar-refractivity contribution in [1.29, 1.82) is 0 Å². The van der Waals surface area contributed by atoms with Crippen LogP contribution in [0.3, 0.4) is 0 Å². The fourth-order valence-electron chi connectivity index (χ4n) is 1.85. The van der Waals surface area contributed by atoms with Gasteiger partial charge in [-0.05, 0) is 12.1 Å². The first-order valence-electron chi connectivity index (χ1n) is 5.98. The SMILES string of the molecule is COCCOC1C(Br)CC1Oc1ccc(F)c(Cl)c1. The van der Waals surface area contributed by atoms with Gasteiger partial charge in [0.25, 0.3) is 0 Å². The van der Waals surface area contributed by atoms with E-state index in [1.807, 2.05) is 0 Å². The van der Waals surface area contributed by atoms with Crippen LogP contribution in [0.4, 0.5) is 4.39 Å². The Morgan fingerprint density at radius 3 is 2.84 bits per heavy atom. The van der Waals surface area contributed by atoms with E-state index in [0.29, 0.717) is 19.0 Å². The molecule has 0 heterocycles. The van der Waals surface area contributed by atoms with Gasteiger partial charge in [-0.25, -0.2) is 4.39 Å². The molecule has 0 amide bonds. The summed E-state index contributed by atoms with van der Waals surface area (Å²) in [6.45, 7) is 1.07. The van der Waals surface area contributed by atoms with E-state index in [4.69, 9.17) is 25.8 Å². The third-order valence-corrected chi connectivity index (χ3v) is 4.14. The van der Waals surface area contributed by atoms with Gasteiger partial charge in [0.1, 0.15) is 23.8 Å². The van der Waals surface area contributed by atoms with Crippen LogP contribution in [0.2, 0.25) is 5.02 Å². The molecule has 0 bridgehead atoms. The number of methoxy groups -OCH3 is 1. The van der Waals surface area contributed by atoms with Crippen molar-refractivity contribution < 1.29 is 18.6 Å². The van der Waals surface area contributed by atoms with E-state index in [2.05, 4.69) is 15.9 Å². The van der Waals surface area contributed by atoms with Gasteiger partial charge in [-0.2, -0.15) is 0 Å². The molecule has 1 aromatic rings. The van der Waals surface area contributed by atoms with Crippen molar-refractivity contribution in [3.05, 3.63) is 29.0 Å². The second-order valence-electron chi connectivity index (χ2n) is 4.31. The molecule has 3 nitrogen and oxygen atoms in total. The Bertz CT molecular complexity index is 432. The molecule has 6 heteroatoms. The summed E-state index contributed by atoms with van der Waals surface area (Å²) in [5, 5.41) is 0.0593. The topological polar surface area (TPSA) is 27.7 Å². The average molecular weight is 354 g/mol. The summed E-state index contributed by atoms with van der Waals surface area (Å²) >= 11 is 9.24. The molecule has 1 fully saturated rings. The molecule has 0 aliphatic heterocycles. The van der Waals surface area contributed by atoms with Crippen molar-refractivity contribution in [1.82, 2.24) is 0 Å². The standard InChI is InChI=1S/C13H15BrClFO3/c1-17-4-5-18-13-9(14)7-12(13)19-8-2-3-11(16)10(15)6-8/h2-3,6,9,12-13H,4-5,7H2,1H3. The maximum Gasteiger partial charge on any atom is 0.142 e. The lowest BCUT2D eigenvalue weighted by molar-refractivity contribution is -0.0865. The zero-order valence-electron chi connectivity index (χ0n) is 10.4. The molecule has 106 valence electrons. The molecule has 0 saturated heterocycles. The largest absolute Gasteiger partial charge is 0.488 e. The van der Waals surface area contributed by atoms with E-state index in [9.17, 15) is 4.39 Å². The first-order valence-corrected chi connectivity index (χ1v) is 7.27. The van der Waals surface area contributed by atoms with Gasteiger partial charge in [-0.3, -0.25) is 0 Å². The van der Waals surface area contributed by atoms with Crippen molar-refractivity contribution >= 4 is 27.5 Å². The quantitative estimate of drug-likeness (QED) is 0.579. The molecule has 19 heavy (non-hydrogen) atoms. The highest BCUT2D eigenvalue weighted by Gasteiger charge is 2.42. The molecule has 1 saturated carbocycles. The van der Waals surface area contributed by atoms with Crippen LogP contribution in [-0.4, -0.2) is 37.4 Å². The number of halogens is 3. The zero-order chi connectivity index (χ0) is 13.8. The maximum absolute atomic E-state index is 13.0. The third-order valence-electron chi connectivity index (χ3n) is 2.96. The predicted molar refractivity (Wildman–Crippen MR) is 74.8 cm³/mol. The zero-order valence-corrected chi connectivity index (χ0v) is 12.8. The van der Waals surface area contributed by atoms with E-state index in [-0.39, 0.29) is 22.1 Å². The number of hydrogen-bond donors (Lipinski definition) is 0. The highest BCUT2D eigenvalue weighted by atomic mass is 79.9. The van der Waals surface area contributed by atoms with Crippen molar-refractivity contribution in [2.24, 2.45) is 0 Å². The molecule has 1 aliphatic carbocycles. The van der Waals surface area contributed by atoms with Crippen LogP contribution in [0.15, 0.2) is 18.2 Å². The molecule has 1 aliphatic rings. The van der Waals surface area contributed by atoms with Gasteiger partial charge in [0, 0.05) is 24.4 Å². The Hall–Kier alpha value is -0.360. The van der Waals surface area contributed by atoms with E-state index >= 15 is 0 Å². The Morgan fingerprint density at radius 2 is 2.21 bits per heavy atom. The van der Waals surface area contributed by atoms with Crippen LogP contribution in [0.25, 0.3) is 0 Å². The molecular weight excluding hydrogens is 338 g/mol. The lowest BCUT2D eigenvalue weighted by atomic mass is 9.91. The van der Waals surface area contributed by atoms with Gasteiger partial charge in [-0.1, -0.05) is 27.5 Å². The molecule has 0 spiro atoms. The normalized spacial score (nSPS) is 26.0. The lowest BCUT2D eigenvalue weighted by Crippen LogP contribution is -2.52. The smallest absolute Gasteiger partial charge is 0.142 e. The molecule has 1 aromatic carbocycles. The summed E-state index contributed by atoms with van der Waals surface area (Å²) in [7, 11) is 1.63. The molecule has 0 N–H and O–H groups in total. The van der Waals surface area contributed by atoms with Crippen LogP contribution in [0, 0.1) is 5.82 Å². The Morgan fingerprint density at radius 1 is 1.42 bits per heavy atom. The van der Waals surface area contributed by atoms with Crippen LogP contribution in [-0.2, 0) is 9.47 Å². The first-order chi connectivity index (χ1) is 9.11. The second kappa shape index (κ2) is 6.88. The molecular formula is C13H15BrClFO3. The molecule has 0 radical (unpaired) electrons. The Kier molecular flexibility index (Phi) is 5.45. The van der Waals surface area contributed by atoms with Crippen LogP contribution in [0.5, 0.6) is 5.75 Å². The minimum atomic E-state index is -0.450. The number of ether oxygens (including phenoxy) is 3. The molecule has 3 unspecified atom stereocenters. The predicted octanol–water partition coefficient (Wildman–Crippen LogP) is 3.43. The highest BCUT2D eigenvalue weighted by molar-refractivity contribution is 9.09. The van der Waals surface area contributed by atoms with Crippen molar-refractivity contribution in [2.75, 3.05) is 20.3 Å². The Balaban J connectivity index is 1.89. The third kappa shape index (κ3) is 3.81. The minimum Gasteiger partial charge on any atom is -0.488 e. The van der Waals surface area contributed by atoms with E-state index < -0.39 is 5.82 Å². The summed E-state index contributed by atoms with van der Waals surface area (Å²) in [5.74, 6) is 0.102. The van der Waals surface area contributed by atoms with Crippen LogP contribution in [0.1, 0.15) is 6.42 Å². The lowest BCUT2D eigenvalue weighted by Gasteiger charge is -2.40. The summed E-state index contributed by atoms with van der Waals surface area (Å²) in [6.07, 6.45) is 0.758.